The zero-order valence-electron chi connectivity index (χ0n) is 12.5. The molecule has 5 heteroatoms. The van der Waals surface area contributed by atoms with Crippen LogP contribution in [0.15, 0.2) is 24.3 Å². The first-order valence-electron chi connectivity index (χ1n) is 7.29. The molecule has 0 heterocycles. The molecule has 0 bridgehead atoms. The van der Waals surface area contributed by atoms with Crippen molar-refractivity contribution in [3.8, 4) is 0 Å². The molecule has 1 N–H and O–H groups in total. The van der Waals surface area contributed by atoms with E-state index in [4.69, 9.17) is 16.3 Å². The summed E-state index contributed by atoms with van der Waals surface area (Å²) in [5, 5.41) is 4.59. The normalized spacial score (nSPS) is 25.0. The number of esters is 1. The van der Waals surface area contributed by atoms with Crippen LogP contribution in [0.1, 0.15) is 31.7 Å². The molecule has 0 radical (unpaired) electrons. The van der Waals surface area contributed by atoms with Crippen LogP contribution in [0.5, 0.6) is 0 Å². The summed E-state index contributed by atoms with van der Waals surface area (Å²) in [7, 11) is 1.47. The smallest absolute Gasteiger partial charge is 0.326 e. The molecule has 116 valence electrons. The molecule has 0 aromatic heterocycles. The Morgan fingerprint density at radius 1 is 1.48 bits per heavy atom. The largest absolute Gasteiger partial charge is 0.468 e. The number of nitrogens with one attached hydrogen (secondary N) is 1. The van der Waals surface area contributed by atoms with Crippen molar-refractivity contribution < 1.29 is 9.53 Å². The van der Waals surface area contributed by atoms with E-state index >= 15 is 0 Å². The van der Waals surface area contributed by atoms with E-state index in [0.29, 0.717) is 5.25 Å². The second-order valence-corrected chi connectivity index (χ2v) is 7.13. The SMILES string of the molecule is CCNC1(C(=O)OC)CCC(SCc2ccc(Cl)cc2)C1. The van der Waals surface area contributed by atoms with Gasteiger partial charge in [-0.15, -0.1) is 0 Å². The van der Waals surface area contributed by atoms with Gasteiger partial charge in [0.25, 0.3) is 0 Å². The Morgan fingerprint density at radius 3 is 2.81 bits per heavy atom. The molecular weight excluding hydrogens is 306 g/mol. The number of ether oxygens (including phenoxy) is 1. The fourth-order valence-corrected chi connectivity index (χ4v) is 4.32. The molecule has 1 aromatic rings. The van der Waals surface area contributed by atoms with Crippen LogP contribution < -0.4 is 5.32 Å². The van der Waals surface area contributed by atoms with Gasteiger partial charge < -0.3 is 10.1 Å². The molecular formula is C16H22ClNO2S. The lowest BCUT2D eigenvalue weighted by molar-refractivity contribution is -0.148. The maximum Gasteiger partial charge on any atom is 0.326 e. The number of thioether (sulfide) groups is 1. The summed E-state index contributed by atoms with van der Waals surface area (Å²) in [4.78, 5) is 12.1. The third-order valence-corrected chi connectivity index (χ3v) is 5.59. The summed E-state index contributed by atoms with van der Waals surface area (Å²) in [6, 6.07) is 7.96. The molecule has 1 fully saturated rings. The summed E-state index contributed by atoms with van der Waals surface area (Å²) >= 11 is 7.80. The second-order valence-electron chi connectivity index (χ2n) is 5.41. The summed E-state index contributed by atoms with van der Waals surface area (Å²) in [5.41, 5.74) is 0.782. The lowest BCUT2D eigenvalue weighted by Crippen LogP contribution is -2.50. The second kappa shape index (κ2) is 7.52. The number of hydrogen-bond acceptors (Lipinski definition) is 4. The molecule has 0 aliphatic heterocycles. The van der Waals surface area contributed by atoms with Crippen LogP contribution >= 0.6 is 23.4 Å². The number of carbonyl (C=O) groups excluding carboxylic acids is 1. The Morgan fingerprint density at radius 2 is 2.19 bits per heavy atom. The topological polar surface area (TPSA) is 38.3 Å². The zero-order valence-corrected chi connectivity index (χ0v) is 14.1. The average molecular weight is 328 g/mol. The summed E-state index contributed by atoms with van der Waals surface area (Å²) in [6.07, 6.45) is 2.73. The third kappa shape index (κ3) is 4.15. The van der Waals surface area contributed by atoms with Crippen molar-refractivity contribution in [3.05, 3.63) is 34.9 Å². The average Bonchev–Trinajstić information content (AvgIpc) is 2.91. The van der Waals surface area contributed by atoms with Crippen LogP contribution in [-0.2, 0) is 15.3 Å². The van der Waals surface area contributed by atoms with E-state index in [2.05, 4.69) is 17.4 Å². The minimum atomic E-state index is -0.485. The van der Waals surface area contributed by atoms with Gasteiger partial charge in [-0.3, -0.25) is 4.79 Å². The number of methoxy groups -OCH3 is 1. The number of likely N-dealkylation sites (N-methyl/N-ethyl adjacent to an activating group) is 1. The maximum atomic E-state index is 12.1. The van der Waals surface area contributed by atoms with Gasteiger partial charge in [-0.25, -0.2) is 0 Å². The van der Waals surface area contributed by atoms with Gasteiger partial charge >= 0.3 is 5.97 Å². The highest BCUT2D eigenvalue weighted by Crippen LogP contribution is 2.39. The molecule has 0 amide bonds. The van der Waals surface area contributed by atoms with Gasteiger partial charge in [0.1, 0.15) is 5.54 Å². The van der Waals surface area contributed by atoms with E-state index in [1.165, 1.54) is 12.7 Å². The first kappa shape index (κ1) is 16.7. The molecule has 1 aliphatic carbocycles. The van der Waals surface area contributed by atoms with Crippen molar-refractivity contribution >= 4 is 29.3 Å². The van der Waals surface area contributed by atoms with E-state index in [1.54, 1.807) is 0 Å². The van der Waals surface area contributed by atoms with Gasteiger partial charge in [-0.2, -0.15) is 11.8 Å². The number of benzene rings is 1. The minimum Gasteiger partial charge on any atom is -0.468 e. The fourth-order valence-electron chi connectivity index (χ4n) is 2.89. The maximum absolute atomic E-state index is 12.1. The van der Waals surface area contributed by atoms with Crippen molar-refractivity contribution in [3.63, 3.8) is 0 Å². The van der Waals surface area contributed by atoms with Gasteiger partial charge in [-0.05, 0) is 43.5 Å². The van der Waals surface area contributed by atoms with Crippen LogP contribution in [0.4, 0.5) is 0 Å². The Labute approximate surface area is 135 Å². The molecule has 1 aromatic carbocycles. The van der Waals surface area contributed by atoms with Crippen LogP contribution in [0.2, 0.25) is 5.02 Å². The van der Waals surface area contributed by atoms with Gasteiger partial charge in [0.05, 0.1) is 7.11 Å². The molecule has 1 saturated carbocycles. The molecule has 3 nitrogen and oxygen atoms in total. The summed E-state index contributed by atoms with van der Waals surface area (Å²) < 4.78 is 4.99. The highest BCUT2D eigenvalue weighted by molar-refractivity contribution is 7.99. The zero-order chi connectivity index (χ0) is 15.3. The van der Waals surface area contributed by atoms with Crippen LogP contribution in [0, 0.1) is 0 Å². The summed E-state index contributed by atoms with van der Waals surface area (Å²) in [6.45, 7) is 2.81. The molecule has 21 heavy (non-hydrogen) atoms. The van der Waals surface area contributed by atoms with E-state index in [1.807, 2.05) is 30.8 Å². The summed E-state index contributed by atoms with van der Waals surface area (Å²) in [5.74, 6) is 0.824. The predicted octanol–water partition coefficient (Wildman–Crippen LogP) is 3.65. The Balaban J connectivity index is 1.91. The molecule has 2 rings (SSSR count). The number of hydrogen-bond donors (Lipinski definition) is 1. The van der Waals surface area contributed by atoms with Crippen LogP contribution in [0.3, 0.4) is 0 Å². The standard InChI is InChI=1S/C16H22ClNO2S/c1-3-18-16(15(19)20-2)9-8-14(10-16)21-11-12-4-6-13(17)7-5-12/h4-7,14,18H,3,8-11H2,1-2H3. The monoisotopic (exact) mass is 327 g/mol. The fraction of sp³-hybridized carbons (Fsp3) is 0.562. The van der Waals surface area contributed by atoms with Gasteiger partial charge in [0.15, 0.2) is 0 Å². The van der Waals surface area contributed by atoms with Crippen molar-refractivity contribution in [2.45, 2.75) is 42.7 Å². The number of carbonyl (C=O) groups is 1. The lowest BCUT2D eigenvalue weighted by Gasteiger charge is -2.27. The van der Waals surface area contributed by atoms with Gasteiger partial charge in [0, 0.05) is 16.0 Å². The Hall–Kier alpha value is -0.710. The highest BCUT2D eigenvalue weighted by Gasteiger charge is 2.45. The van der Waals surface area contributed by atoms with E-state index in [9.17, 15) is 4.79 Å². The minimum absolute atomic E-state index is 0.126. The lowest BCUT2D eigenvalue weighted by atomic mass is 9.98. The molecule has 2 atom stereocenters. The quantitative estimate of drug-likeness (QED) is 0.809. The van der Waals surface area contributed by atoms with Crippen molar-refractivity contribution in [2.75, 3.05) is 13.7 Å². The van der Waals surface area contributed by atoms with Crippen LogP contribution in [0.25, 0.3) is 0 Å². The Kier molecular flexibility index (Phi) is 5.97. The van der Waals surface area contributed by atoms with E-state index < -0.39 is 5.54 Å². The van der Waals surface area contributed by atoms with E-state index in [-0.39, 0.29) is 5.97 Å². The van der Waals surface area contributed by atoms with E-state index in [0.717, 1.165) is 36.6 Å². The molecule has 0 saturated heterocycles. The molecule has 0 spiro atoms. The third-order valence-electron chi connectivity index (χ3n) is 3.96. The van der Waals surface area contributed by atoms with Crippen molar-refractivity contribution in [1.82, 2.24) is 5.32 Å². The Bertz CT molecular complexity index is 480. The van der Waals surface area contributed by atoms with Gasteiger partial charge in [-0.1, -0.05) is 30.7 Å². The van der Waals surface area contributed by atoms with Crippen LogP contribution in [-0.4, -0.2) is 30.4 Å². The van der Waals surface area contributed by atoms with Crippen molar-refractivity contribution in [2.24, 2.45) is 0 Å². The predicted molar refractivity (Wildman–Crippen MR) is 88.8 cm³/mol. The number of halogens is 1. The first-order valence-corrected chi connectivity index (χ1v) is 8.72. The van der Waals surface area contributed by atoms with Crippen molar-refractivity contribution in [1.29, 1.82) is 0 Å². The van der Waals surface area contributed by atoms with Gasteiger partial charge in [0.2, 0.25) is 0 Å². The molecule has 1 aliphatic rings. The highest BCUT2D eigenvalue weighted by atomic mass is 35.5. The number of rotatable bonds is 6. The molecule has 2 unspecified atom stereocenters. The first-order chi connectivity index (χ1) is 10.1.